The minimum atomic E-state index is -0.199. The zero-order valence-electron chi connectivity index (χ0n) is 11.6. The van der Waals surface area contributed by atoms with Gasteiger partial charge in [0.15, 0.2) is 0 Å². The number of ether oxygens (including phenoxy) is 1. The Hall–Kier alpha value is -2.04. The smallest absolute Gasteiger partial charge is 0.305 e. The third-order valence-electron chi connectivity index (χ3n) is 3.38. The fraction of sp³-hybridized carbons (Fsp3) is 0.429. The van der Waals surface area contributed by atoms with Crippen LogP contribution in [0.1, 0.15) is 24.0 Å². The molecule has 1 aromatic heterocycles. The second-order valence-electron chi connectivity index (χ2n) is 4.73. The van der Waals surface area contributed by atoms with Crippen LogP contribution in [-0.2, 0) is 16.1 Å². The highest BCUT2D eigenvalue weighted by Gasteiger charge is 2.10. The second-order valence-corrected chi connectivity index (χ2v) is 4.73. The highest BCUT2D eigenvalue weighted by Crippen LogP contribution is 2.22. The zero-order chi connectivity index (χ0) is 14.0. The Labute approximate surface area is 112 Å². The number of anilines is 1. The highest BCUT2D eigenvalue weighted by molar-refractivity contribution is 5.80. The summed E-state index contributed by atoms with van der Waals surface area (Å²) in [6.45, 7) is 4.79. The van der Waals surface area contributed by atoms with Gasteiger partial charge in [0, 0.05) is 13.0 Å². The van der Waals surface area contributed by atoms with Crippen LogP contribution in [0.25, 0.3) is 11.0 Å². The minimum absolute atomic E-state index is 0.199. The summed E-state index contributed by atoms with van der Waals surface area (Å²) in [6.07, 6.45) is 1.08. The molecule has 5 heteroatoms. The molecular weight excluding hydrogens is 242 g/mol. The largest absolute Gasteiger partial charge is 0.469 e. The van der Waals surface area contributed by atoms with Crippen LogP contribution in [-0.4, -0.2) is 22.6 Å². The van der Waals surface area contributed by atoms with Gasteiger partial charge in [0.05, 0.1) is 18.1 Å². The molecule has 0 saturated carbocycles. The van der Waals surface area contributed by atoms with E-state index >= 15 is 0 Å². The Morgan fingerprint density at radius 3 is 2.74 bits per heavy atom. The summed E-state index contributed by atoms with van der Waals surface area (Å²) >= 11 is 0. The number of imidazole rings is 1. The van der Waals surface area contributed by atoms with Gasteiger partial charge in [-0.25, -0.2) is 4.98 Å². The van der Waals surface area contributed by atoms with Crippen molar-refractivity contribution in [3.63, 3.8) is 0 Å². The van der Waals surface area contributed by atoms with Crippen molar-refractivity contribution in [2.24, 2.45) is 0 Å². The summed E-state index contributed by atoms with van der Waals surface area (Å²) in [5.74, 6) is 0.292. The van der Waals surface area contributed by atoms with Crippen LogP contribution in [0.2, 0.25) is 0 Å². The first-order valence-corrected chi connectivity index (χ1v) is 6.32. The lowest BCUT2D eigenvalue weighted by Crippen LogP contribution is -2.06. The number of rotatable bonds is 4. The van der Waals surface area contributed by atoms with Crippen LogP contribution < -0.4 is 5.73 Å². The normalized spacial score (nSPS) is 10.9. The molecule has 2 N–H and O–H groups in total. The van der Waals surface area contributed by atoms with E-state index < -0.39 is 0 Å². The summed E-state index contributed by atoms with van der Waals surface area (Å²) in [7, 11) is 1.40. The van der Waals surface area contributed by atoms with Gasteiger partial charge in [0.25, 0.3) is 0 Å². The SMILES string of the molecule is COC(=O)CCCn1c(N)nc2cc(C)c(C)cc21. The fourth-order valence-corrected chi connectivity index (χ4v) is 2.12. The molecule has 0 fully saturated rings. The number of nitrogens with zero attached hydrogens (tertiary/aromatic N) is 2. The number of aromatic nitrogens is 2. The van der Waals surface area contributed by atoms with Gasteiger partial charge in [-0.1, -0.05) is 0 Å². The maximum atomic E-state index is 11.1. The number of carbonyl (C=O) groups is 1. The summed E-state index contributed by atoms with van der Waals surface area (Å²) in [5.41, 5.74) is 10.3. The summed E-state index contributed by atoms with van der Waals surface area (Å²) < 4.78 is 6.58. The van der Waals surface area contributed by atoms with E-state index in [1.165, 1.54) is 18.2 Å². The third-order valence-corrected chi connectivity index (χ3v) is 3.38. The Balaban J connectivity index is 2.25. The predicted molar refractivity (Wildman–Crippen MR) is 74.9 cm³/mol. The molecule has 0 radical (unpaired) electrons. The second kappa shape index (κ2) is 5.30. The average Bonchev–Trinajstić information content (AvgIpc) is 2.66. The molecule has 5 nitrogen and oxygen atoms in total. The van der Waals surface area contributed by atoms with Crippen LogP contribution >= 0.6 is 0 Å². The van der Waals surface area contributed by atoms with Crippen LogP contribution in [0.15, 0.2) is 12.1 Å². The van der Waals surface area contributed by atoms with Gasteiger partial charge in [-0.15, -0.1) is 0 Å². The summed E-state index contributed by atoms with van der Waals surface area (Å²) in [4.78, 5) is 15.5. The summed E-state index contributed by atoms with van der Waals surface area (Å²) in [5, 5.41) is 0. The van der Waals surface area contributed by atoms with Crippen LogP contribution in [0.3, 0.4) is 0 Å². The molecule has 0 aliphatic heterocycles. The van der Waals surface area contributed by atoms with Crippen LogP contribution in [0, 0.1) is 13.8 Å². The lowest BCUT2D eigenvalue weighted by molar-refractivity contribution is -0.140. The molecule has 2 aromatic rings. The molecule has 0 amide bonds. The first-order valence-electron chi connectivity index (χ1n) is 6.32. The van der Waals surface area contributed by atoms with Crippen molar-refractivity contribution in [1.82, 2.24) is 9.55 Å². The van der Waals surface area contributed by atoms with E-state index in [0.717, 1.165) is 11.0 Å². The molecule has 1 aromatic carbocycles. The number of aryl methyl sites for hydroxylation is 3. The number of carbonyl (C=O) groups excluding carboxylic acids is 1. The maximum absolute atomic E-state index is 11.1. The van der Waals surface area contributed by atoms with Crippen LogP contribution in [0.4, 0.5) is 5.95 Å². The molecule has 2 rings (SSSR count). The monoisotopic (exact) mass is 261 g/mol. The number of methoxy groups -OCH3 is 1. The summed E-state index contributed by atoms with van der Waals surface area (Å²) in [6, 6.07) is 4.13. The van der Waals surface area contributed by atoms with Gasteiger partial charge in [-0.2, -0.15) is 0 Å². The van der Waals surface area contributed by atoms with Gasteiger partial charge in [-0.3, -0.25) is 4.79 Å². The number of nitrogens with two attached hydrogens (primary N) is 1. The first-order chi connectivity index (χ1) is 9.02. The molecule has 0 atom stereocenters. The quantitative estimate of drug-likeness (QED) is 0.856. The molecule has 1 heterocycles. The Bertz CT molecular complexity index is 617. The molecule has 0 aliphatic carbocycles. The molecule has 0 unspecified atom stereocenters. The van der Waals surface area contributed by atoms with Crippen LogP contribution in [0.5, 0.6) is 0 Å². The van der Waals surface area contributed by atoms with E-state index in [0.29, 0.717) is 25.3 Å². The maximum Gasteiger partial charge on any atom is 0.305 e. The van der Waals surface area contributed by atoms with Crippen molar-refractivity contribution >= 4 is 23.0 Å². The van der Waals surface area contributed by atoms with Crippen molar-refractivity contribution < 1.29 is 9.53 Å². The molecule has 19 heavy (non-hydrogen) atoms. The fourth-order valence-electron chi connectivity index (χ4n) is 2.12. The topological polar surface area (TPSA) is 70.1 Å². The van der Waals surface area contributed by atoms with E-state index in [1.807, 2.05) is 10.6 Å². The van der Waals surface area contributed by atoms with Gasteiger partial charge < -0.3 is 15.0 Å². The minimum Gasteiger partial charge on any atom is -0.469 e. The lowest BCUT2D eigenvalue weighted by Gasteiger charge is -2.07. The Morgan fingerprint density at radius 2 is 2.05 bits per heavy atom. The van der Waals surface area contributed by atoms with Crippen molar-refractivity contribution in [2.45, 2.75) is 33.2 Å². The van der Waals surface area contributed by atoms with E-state index in [-0.39, 0.29) is 5.97 Å². The number of esters is 1. The zero-order valence-corrected chi connectivity index (χ0v) is 11.6. The number of nitrogen functional groups attached to an aromatic ring is 1. The number of benzene rings is 1. The Morgan fingerprint density at radius 1 is 1.37 bits per heavy atom. The van der Waals surface area contributed by atoms with Gasteiger partial charge in [-0.05, 0) is 43.5 Å². The van der Waals surface area contributed by atoms with Gasteiger partial charge in [0.2, 0.25) is 5.95 Å². The first kappa shape index (κ1) is 13.4. The molecule has 0 spiro atoms. The average molecular weight is 261 g/mol. The predicted octanol–water partition coefficient (Wildman–Crippen LogP) is 2.19. The molecule has 0 saturated heterocycles. The van der Waals surface area contributed by atoms with Gasteiger partial charge >= 0.3 is 5.97 Å². The molecular formula is C14H19N3O2. The van der Waals surface area contributed by atoms with E-state index in [4.69, 9.17) is 5.73 Å². The van der Waals surface area contributed by atoms with E-state index in [1.54, 1.807) is 0 Å². The van der Waals surface area contributed by atoms with Crippen molar-refractivity contribution in [3.8, 4) is 0 Å². The number of fused-ring (bicyclic) bond motifs is 1. The van der Waals surface area contributed by atoms with Crippen molar-refractivity contribution in [1.29, 1.82) is 0 Å². The molecule has 102 valence electrons. The van der Waals surface area contributed by atoms with Gasteiger partial charge in [0.1, 0.15) is 0 Å². The van der Waals surface area contributed by atoms with E-state index in [2.05, 4.69) is 29.6 Å². The molecule has 0 bridgehead atoms. The molecule has 0 aliphatic rings. The van der Waals surface area contributed by atoms with Crippen molar-refractivity contribution in [3.05, 3.63) is 23.3 Å². The lowest BCUT2D eigenvalue weighted by atomic mass is 10.1. The Kier molecular flexibility index (Phi) is 3.74. The van der Waals surface area contributed by atoms with Crippen molar-refractivity contribution in [2.75, 3.05) is 12.8 Å². The standard InChI is InChI=1S/C14H19N3O2/c1-9-7-11-12(8-10(9)2)17(14(15)16-11)6-4-5-13(18)19-3/h7-8H,4-6H2,1-3H3,(H2,15,16). The number of hydrogen-bond acceptors (Lipinski definition) is 4. The third kappa shape index (κ3) is 2.70. The highest BCUT2D eigenvalue weighted by atomic mass is 16.5. The number of hydrogen-bond donors (Lipinski definition) is 1. The van der Waals surface area contributed by atoms with E-state index in [9.17, 15) is 4.79 Å².